The Morgan fingerprint density at radius 3 is 2.92 bits per heavy atom. The molecule has 4 heterocycles. The van der Waals surface area contributed by atoms with Gasteiger partial charge in [0.1, 0.15) is 0 Å². The minimum absolute atomic E-state index is 0.0421. The van der Waals surface area contributed by atoms with E-state index in [4.69, 9.17) is 4.98 Å². The molecule has 26 heavy (non-hydrogen) atoms. The number of aryl methyl sites for hydroxylation is 2. The predicted octanol–water partition coefficient (Wildman–Crippen LogP) is 1.61. The predicted molar refractivity (Wildman–Crippen MR) is 101 cm³/mol. The molecule has 1 atom stereocenters. The summed E-state index contributed by atoms with van der Waals surface area (Å²) in [5.41, 5.74) is 4.15. The Hall–Kier alpha value is -2.15. The first-order chi connectivity index (χ1) is 12.5. The second kappa shape index (κ2) is 6.87. The maximum atomic E-state index is 12.6. The van der Waals surface area contributed by atoms with Crippen LogP contribution < -0.4 is 10.5 Å². The molecule has 7 nitrogen and oxygen atoms in total. The lowest BCUT2D eigenvalue weighted by Crippen LogP contribution is -2.39. The Bertz CT molecular complexity index is 854. The van der Waals surface area contributed by atoms with Crippen molar-refractivity contribution in [1.82, 2.24) is 24.6 Å². The van der Waals surface area contributed by atoms with E-state index in [1.54, 1.807) is 0 Å². The van der Waals surface area contributed by atoms with Crippen molar-refractivity contribution in [2.45, 2.75) is 46.2 Å². The average Bonchev–Trinajstić information content (AvgIpc) is 2.91. The average molecular weight is 356 g/mol. The fourth-order valence-electron chi connectivity index (χ4n) is 4.19. The highest BCUT2D eigenvalue weighted by Gasteiger charge is 2.24. The fraction of sp³-hybridized carbons (Fsp3) is 0.632. The van der Waals surface area contributed by atoms with E-state index in [1.807, 2.05) is 18.7 Å². The molecule has 140 valence electrons. The zero-order valence-corrected chi connectivity index (χ0v) is 16.0. The van der Waals surface area contributed by atoms with Gasteiger partial charge in [0.05, 0.1) is 11.4 Å². The van der Waals surface area contributed by atoms with Gasteiger partial charge in [-0.2, -0.15) is 5.10 Å². The van der Waals surface area contributed by atoms with Crippen LogP contribution in [0.4, 0.5) is 5.95 Å². The van der Waals surface area contributed by atoms with Crippen molar-refractivity contribution in [2.75, 3.05) is 24.5 Å². The van der Waals surface area contributed by atoms with E-state index in [0.29, 0.717) is 5.92 Å². The number of fused-ring (bicyclic) bond motifs is 1. The Kier molecular flexibility index (Phi) is 4.56. The van der Waals surface area contributed by atoms with Gasteiger partial charge in [-0.1, -0.05) is 6.92 Å². The normalized spacial score (nSPS) is 21.0. The molecule has 1 saturated heterocycles. The van der Waals surface area contributed by atoms with Crippen molar-refractivity contribution < 1.29 is 0 Å². The highest BCUT2D eigenvalue weighted by atomic mass is 16.1. The van der Waals surface area contributed by atoms with Gasteiger partial charge in [0.25, 0.3) is 5.56 Å². The van der Waals surface area contributed by atoms with Crippen molar-refractivity contribution in [3.8, 4) is 0 Å². The molecule has 2 aliphatic rings. The van der Waals surface area contributed by atoms with Crippen LogP contribution in [0.5, 0.6) is 0 Å². The molecule has 1 N–H and O–H groups in total. The van der Waals surface area contributed by atoms with E-state index < -0.39 is 0 Å². The number of aromatic amines is 1. The van der Waals surface area contributed by atoms with Gasteiger partial charge in [-0.25, -0.2) is 4.98 Å². The lowest BCUT2D eigenvalue weighted by molar-refractivity contribution is 0.240. The van der Waals surface area contributed by atoms with Crippen LogP contribution >= 0.6 is 0 Å². The lowest BCUT2D eigenvalue weighted by Gasteiger charge is -2.33. The van der Waals surface area contributed by atoms with Gasteiger partial charge < -0.3 is 4.90 Å². The Morgan fingerprint density at radius 2 is 2.19 bits per heavy atom. The third kappa shape index (κ3) is 3.40. The first-order valence-corrected chi connectivity index (χ1v) is 9.58. The third-order valence-corrected chi connectivity index (χ3v) is 5.61. The topological polar surface area (TPSA) is 70.1 Å². The summed E-state index contributed by atoms with van der Waals surface area (Å²) in [6.07, 6.45) is 5.25. The Morgan fingerprint density at radius 1 is 1.35 bits per heavy atom. The number of H-pyrrole nitrogens is 1. The maximum Gasteiger partial charge on any atom is 0.255 e. The van der Waals surface area contributed by atoms with Gasteiger partial charge in [-0.15, -0.1) is 0 Å². The molecule has 2 aromatic heterocycles. The summed E-state index contributed by atoms with van der Waals surface area (Å²) < 4.78 is 1.86. The smallest absolute Gasteiger partial charge is 0.255 e. The quantitative estimate of drug-likeness (QED) is 0.905. The summed E-state index contributed by atoms with van der Waals surface area (Å²) >= 11 is 0. The first kappa shape index (κ1) is 17.3. The van der Waals surface area contributed by atoms with Gasteiger partial charge in [0.2, 0.25) is 5.95 Å². The van der Waals surface area contributed by atoms with Crippen LogP contribution in [-0.2, 0) is 26.6 Å². The second-order valence-electron chi connectivity index (χ2n) is 7.88. The summed E-state index contributed by atoms with van der Waals surface area (Å²) in [5.74, 6) is 1.40. The van der Waals surface area contributed by atoms with Gasteiger partial charge >= 0.3 is 0 Å². The highest BCUT2D eigenvalue weighted by molar-refractivity contribution is 5.35. The largest absolute Gasteiger partial charge is 0.342 e. The third-order valence-electron chi connectivity index (χ3n) is 5.61. The molecule has 0 aromatic carbocycles. The van der Waals surface area contributed by atoms with Crippen LogP contribution in [0.1, 0.15) is 42.3 Å². The molecule has 7 heteroatoms. The number of nitrogens with zero attached hydrogens (tertiary/aromatic N) is 5. The molecular formula is C19H28N6O. The number of anilines is 1. The zero-order chi connectivity index (χ0) is 18.3. The van der Waals surface area contributed by atoms with Crippen LogP contribution in [0.25, 0.3) is 0 Å². The number of aromatic nitrogens is 4. The molecular weight excluding hydrogens is 328 g/mol. The zero-order valence-electron chi connectivity index (χ0n) is 16.0. The number of piperidine rings is 1. The SMILES string of the molecule is Cc1nn(C)cc1CN1CCc2c(nc(N3CCC[C@@H](C)C3)[nH]c2=O)C1. The maximum absolute atomic E-state index is 12.6. The van der Waals surface area contributed by atoms with Crippen molar-refractivity contribution in [3.05, 3.63) is 39.1 Å². The monoisotopic (exact) mass is 356 g/mol. The molecule has 0 saturated carbocycles. The molecule has 2 aliphatic heterocycles. The molecule has 0 bridgehead atoms. The van der Waals surface area contributed by atoms with Gasteiger partial charge in [-0.3, -0.25) is 19.4 Å². The van der Waals surface area contributed by atoms with Gasteiger partial charge in [0, 0.05) is 57.1 Å². The van der Waals surface area contributed by atoms with E-state index in [2.05, 4.69) is 33.0 Å². The van der Waals surface area contributed by atoms with Crippen LogP contribution in [0.2, 0.25) is 0 Å². The molecule has 0 aliphatic carbocycles. The Balaban J connectivity index is 1.55. The van der Waals surface area contributed by atoms with E-state index >= 15 is 0 Å². The number of nitrogens with one attached hydrogen (secondary N) is 1. The number of hydrogen-bond acceptors (Lipinski definition) is 5. The van der Waals surface area contributed by atoms with Gasteiger partial charge in [0.15, 0.2) is 0 Å². The molecule has 0 amide bonds. The molecule has 0 spiro atoms. The molecule has 4 rings (SSSR count). The van der Waals surface area contributed by atoms with Crippen molar-refractivity contribution in [1.29, 1.82) is 0 Å². The van der Waals surface area contributed by atoms with Crippen molar-refractivity contribution >= 4 is 5.95 Å². The van der Waals surface area contributed by atoms with E-state index in [0.717, 1.165) is 68.5 Å². The van der Waals surface area contributed by atoms with Crippen LogP contribution in [0.15, 0.2) is 11.0 Å². The highest BCUT2D eigenvalue weighted by Crippen LogP contribution is 2.22. The Labute approximate surface area is 154 Å². The number of hydrogen-bond donors (Lipinski definition) is 1. The van der Waals surface area contributed by atoms with Crippen molar-refractivity contribution in [3.63, 3.8) is 0 Å². The minimum atomic E-state index is 0.0421. The van der Waals surface area contributed by atoms with Crippen LogP contribution in [0.3, 0.4) is 0 Å². The second-order valence-corrected chi connectivity index (χ2v) is 7.88. The fourth-order valence-corrected chi connectivity index (χ4v) is 4.19. The molecule has 0 radical (unpaired) electrons. The summed E-state index contributed by atoms with van der Waals surface area (Å²) in [6.45, 7) is 8.72. The molecule has 0 unspecified atom stereocenters. The summed E-state index contributed by atoms with van der Waals surface area (Å²) in [7, 11) is 1.95. The van der Waals surface area contributed by atoms with Gasteiger partial charge in [-0.05, 0) is 32.1 Å². The van der Waals surface area contributed by atoms with E-state index in [1.165, 1.54) is 12.0 Å². The minimum Gasteiger partial charge on any atom is -0.342 e. The molecule has 2 aromatic rings. The standard InChI is InChI=1S/C19H28N6O/c1-13-5-4-7-25(9-13)19-20-17-12-24(8-6-16(17)18(26)21-19)11-15-10-23(3)22-14(15)2/h10,13H,4-9,11-12H2,1-3H3,(H,20,21,26)/t13-/m1/s1. The van der Waals surface area contributed by atoms with Crippen LogP contribution in [-0.4, -0.2) is 44.3 Å². The van der Waals surface area contributed by atoms with E-state index in [9.17, 15) is 4.79 Å². The number of rotatable bonds is 3. The molecule has 1 fully saturated rings. The van der Waals surface area contributed by atoms with E-state index in [-0.39, 0.29) is 5.56 Å². The summed E-state index contributed by atoms with van der Waals surface area (Å²) in [4.78, 5) is 25.1. The first-order valence-electron chi connectivity index (χ1n) is 9.58. The van der Waals surface area contributed by atoms with Crippen LogP contribution in [0, 0.1) is 12.8 Å². The summed E-state index contributed by atoms with van der Waals surface area (Å²) in [5, 5.41) is 4.43. The lowest BCUT2D eigenvalue weighted by atomic mass is 10.0. The summed E-state index contributed by atoms with van der Waals surface area (Å²) in [6, 6.07) is 0. The van der Waals surface area contributed by atoms with Crippen molar-refractivity contribution in [2.24, 2.45) is 13.0 Å².